The molecule has 3 rings (SSSR count). The minimum atomic E-state index is -0.379. The van der Waals surface area contributed by atoms with Gasteiger partial charge in [-0.1, -0.05) is 36.4 Å². The van der Waals surface area contributed by atoms with Crippen LogP contribution in [-0.4, -0.2) is 53.1 Å². The molecule has 1 aromatic heterocycles. The minimum absolute atomic E-state index is 0.0154. The van der Waals surface area contributed by atoms with E-state index in [0.717, 1.165) is 23.3 Å². The molecule has 1 N–H and O–H groups in total. The number of urea groups is 1. The van der Waals surface area contributed by atoms with Gasteiger partial charge in [0.1, 0.15) is 6.54 Å². The number of benzene rings is 1. The Balaban J connectivity index is 1.74. The van der Waals surface area contributed by atoms with E-state index in [4.69, 9.17) is 4.74 Å². The number of nitrogens with zero attached hydrogens (tertiary/aromatic N) is 2. The topological polar surface area (TPSA) is 61.9 Å². The zero-order valence-corrected chi connectivity index (χ0v) is 19.5. The fourth-order valence-corrected chi connectivity index (χ4v) is 4.26. The van der Waals surface area contributed by atoms with Crippen LogP contribution < -0.4 is 5.32 Å². The van der Waals surface area contributed by atoms with Crippen molar-refractivity contribution in [1.82, 2.24) is 15.1 Å². The highest BCUT2D eigenvalue weighted by atomic mass is 32.1. The van der Waals surface area contributed by atoms with Crippen molar-refractivity contribution in [3.63, 3.8) is 0 Å². The molecule has 2 heterocycles. The highest BCUT2D eigenvalue weighted by Gasteiger charge is 2.28. The number of ether oxygens (including phenoxy) is 1. The van der Waals surface area contributed by atoms with Gasteiger partial charge in [-0.15, -0.1) is 11.3 Å². The number of carbonyl (C=O) groups excluding carboxylic acids is 2. The van der Waals surface area contributed by atoms with E-state index in [9.17, 15) is 9.59 Å². The van der Waals surface area contributed by atoms with Gasteiger partial charge in [-0.3, -0.25) is 4.79 Å². The first-order valence-corrected chi connectivity index (χ1v) is 11.7. The molecule has 1 aliphatic heterocycles. The van der Waals surface area contributed by atoms with Gasteiger partial charge >= 0.3 is 6.03 Å². The van der Waals surface area contributed by atoms with Crippen molar-refractivity contribution in [2.45, 2.75) is 58.3 Å². The van der Waals surface area contributed by atoms with Crippen LogP contribution in [-0.2, 0) is 22.6 Å². The number of amides is 3. The smallest absolute Gasteiger partial charge is 0.318 e. The van der Waals surface area contributed by atoms with Crippen LogP contribution in [0.2, 0.25) is 0 Å². The zero-order chi connectivity index (χ0) is 22.3. The maximum atomic E-state index is 13.4. The highest BCUT2D eigenvalue weighted by Crippen LogP contribution is 2.17. The Bertz CT molecular complexity index is 828. The Labute approximate surface area is 189 Å². The fraction of sp³-hybridized carbons (Fsp3) is 0.500. The first kappa shape index (κ1) is 23.3. The van der Waals surface area contributed by atoms with Gasteiger partial charge in [0.15, 0.2) is 0 Å². The number of hydrogen-bond acceptors (Lipinski definition) is 4. The van der Waals surface area contributed by atoms with E-state index in [1.165, 1.54) is 0 Å². The van der Waals surface area contributed by atoms with Crippen LogP contribution in [0.5, 0.6) is 0 Å². The normalized spacial score (nSPS) is 16.2. The molecule has 7 heteroatoms. The largest absolute Gasteiger partial charge is 0.376 e. The van der Waals surface area contributed by atoms with Crippen molar-refractivity contribution in [1.29, 1.82) is 0 Å². The van der Waals surface area contributed by atoms with Crippen molar-refractivity contribution < 1.29 is 14.3 Å². The SMILES string of the molecule is CC(C)(C)NC(=O)N(CC(=O)N(Cc1ccccc1)Cc1cccs1)CC1CCCO1. The van der Waals surface area contributed by atoms with Gasteiger partial charge in [-0.25, -0.2) is 4.79 Å². The van der Waals surface area contributed by atoms with Crippen LogP contribution in [0.1, 0.15) is 44.1 Å². The first-order chi connectivity index (χ1) is 14.8. The molecule has 1 saturated heterocycles. The second-order valence-electron chi connectivity index (χ2n) is 9.01. The van der Waals surface area contributed by atoms with Crippen molar-refractivity contribution in [2.75, 3.05) is 19.7 Å². The van der Waals surface area contributed by atoms with Crippen molar-refractivity contribution in [2.24, 2.45) is 0 Å². The predicted molar refractivity (Wildman–Crippen MR) is 124 cm³/mol. The molecule has 3 amide bonds. The molecule has 1 unspecified atom stereocenters. The Morgan fingerprint density at radius 2 is 1.87 bits per heavy atom. The average molecular weight is 444 g/mol. The molecule has 1 aromatic carbocycles. The number of carbonyl (C=O) groups is 2. The number of nitrogens with one attached hydrogen (secondary N) is 1. The molecule has 0 bridgehead atoms. The van der Waals surface area contributed by atoms with Crippen molar-refractivity contribution in [3.05, 3.63) is 58.3 Å². The van der Waals surface area contributed by atoms with Crippen LogP contribution in [0.15, 0.2) is 47.8 Å². The van der Waals surface area contributed by atoms with Gasteiger partial charge in [0, 0.05) is 30.1 Å². The summed E-state index contributed by atoms with van der Waals surface area (Å²) in [7, 11) is 0. The lowest BCUT2D eigenvalue weighted by atomic mass is 10.1. The monoisotopic (exact) mass is 443 g/mol. The van der Waals surface area contributed by atoms with Crippen LogP contribution in [0.25, 0.3) is 0 Å². The Morgan fingerprint density at radius 3 is 2.48 bits per heavy atom. The summed E-state index contributed by atoms with van der Waals surface area (Å²) in [5.41, 5.74) is 0.688. The zero-order valence-electron chi connectivity index (χ0n) is 18.7. The Kier molecular flexibility index (Phi) is 8.09. The molecule has 1 aliphatic rings. The molecule has 6 nitrogen and oxygen atoms in total. The molecule has 0 spiro atoms. The molecule has 2 aromatic rings. The lowest BCUT2D eigenvalue weighted by Gasteiger charge is -2.31. The van der Waals surface area contributed by atoms with Gasteiger partial charge in [-0.2, -0.15) is 0 Å². The molecule has 31 heavy (non-hydrogen) atoms. The summed E-state index contributed by atoms with van der Waals surface area (Å²) in [6, 6.07) is 13.8. The summed E-state index contributed by atoms with van der Waals surface area (Å²) in [6.07, 6.45) is 1.89. The maximum absolute atomic E-state index is 13.4. The third kappa shape index (κ3) is 7.67. The maximum Gasteiger partial charge on any atom is 0.318 e. The summed E-state index contributed by atoms with van der Waals surface area (Å²) in [5.74, 6) is -0.0701. The van der Waals surface area contributed by atoms with Gasteiger partial charge in [-0.05, 0) is 50.6 Å². The van der Waals surface area contributed by atoms with Crippen molar-refractivity contribution >= 4 is 23.3 Å². The van der Waals surface area contributed by atoms with E-state index in [1.54, 1.807) is 16.2 Å². The predicted octanol–water partition coefficient (Wildman–Crippen LogP) is 4.27. The summed E-state index contributed by atoms with van der Waals surface area (Å²) in [5, 5.41) is 5.01. The number of rotatable bonds is 8. The molecule has 0 saturated carbocycles. The Morgan fingerprint density at radius 1 is 1.10 bits per heavy atom. The van der Waals surface area contributed by atoms with E-state index in [1.807, 2.05) is 73.5 Å². The second-order valence-corrected chi connectivity index (χ2v) is 10.0. The standard InChI is InChI=1S/C24H33N3O3S/c1-24(2,3)25-23(29)27(16-20-11-7-13-30-20)18-22(28)26(17-21-12-8-14-31-21)15-19-9-5-4-6-10-19/h4-6,8-10,12,14,20H,7,11,13,15-18H2,1-3H3,(H,25,29). The van der Waals surface area contributed by atoms with E-state index in [0.29, 0.717) is 26.2 Å². The lowest BCUT2D eigenvalue weighted by molar-refractivity contribution is -0.133. The third-order valence-corrected chi connectivity index (χ3v) is 5.90. The third-order valence-electron chi connectivity index (χ3n) is 5.04. The Hall–Kier alpha value is -2.38. The molecule has 1 fully saturated rings. The molecule has 168 valence electrons. The lowest BCUT2D eigenvalue weighted by Crippen LogP contribution is -2.53. The molecular weight excluding hydrogens is 410 g/mol. The molecule has 0 radical (unpaired) electrons. The summed E-state index contributed by atoms with van der Waals surface area (Å²) in [4.78, 5) is 30.9. The van der Waals surface area contributed by atoms with E-state index in [2.05, 4.69) is 5.32 Å². The van der Waals surface area contributed by atoms with E-state index in [-0.39, 0.29) is 30.1 Å². The molecule has 1 atom stereocenters. The molecule has 0 aliphatic carbocycles. The van der Waals surface area contributed by atoms with Gasteiger partial charge < -0.3 is 19.9 Å². The van der Waals surface area contributed by atoms with Crippen LogP contribution in [0.3, 0.4) is 0 Å². The molecular formula is C24H33N3O3S. The summed E-state index contributed by atoms with van der Waals surface area (Å²) in [6.45, 7) is 8.02. The van der Waals surface area contributed by atoms with E-state index < -0.39 is 0 Å². The van der Waals surface area contributed by atoms with Gasteiger partial charge in [0.05, 0.1) is 12.6 Å². The summed E-state index contributed by atoms with van der Waals surface area (Å²) < 4.78 is 5.74. The van der Waals surface area contributed by atoms with Gasteiger partial charge in [0.2, 0.25) is 5.91 Å². The van der Waals surface area contributed by atoms with Crippen LogP contribution >= 0.6 is 11.3 Å². The van der Waals surface area contributed by atoms with Crippen LogP contribution in [0.4, 0.5) is 4.79 Å². The highest BCUT2D eigenvalue weighted by molar-refractivity contribution is 7.09. The first-order valence-electron chi connectivity index (χ1n) is 10.8. The second kappa shape index (κ2) is 10.8. The average Bonchev–Trinajstić information content (AvgIpc) is 3.40. The summed E-state index contributed by atoms with van der Waals surface area (Å²) >= 11 is 1.63. The van der Waals surface area contributed by atoms with Gasteiger partial charge in [0.25, 0.3) is 0 Å². The fourth-order valence-electron chi connectivity index (χ4n) is 3.54. The number of hydrogen-bond donors (Lipinski definition) is 1. The van der Waals surface area contributed by atoms with Crippen molar-refractivity contribution in [3.8, 4) is 0 Å². The number of thiophene rings is 1. The quantitative estimate of drug-likeness (QED) is 0.663. The van der Waals surface area contributed by atoms with Crippen LogP contribution in [0, 0.1) is 0 Å². The minimum Gasteiger partial charge on any atom is -0.376 e. The van der Waals surface area contributed by atoms with E-state index >= 15 is 0 Å².